The molecular formula is C17H25N3. The van der Waals surface area contributed by atoms with Gasteiger partial charge in [0, 0.05) is 18.5 Å². The van der Waals surface area contributed by atoms with Crippen LogP contribution in [-0.4, -0.2) is 16.5 Å². The fraction of sp³-hybridized carbons (Fsp3) is 0.765. The summed E-state index contributed by atoms with van der Waals surface area (Å²) in [7, 11) is 0. The molecule has 0 amide bonds. The molecule has 3 heteroatoms. The molecule has 5 rings (SSSR count). The molecule has 20 heavy (non-hydrogen) atoms. The predicted molar refractivity (Wildman–Crippen MR) is 79.3 cm³/mol. The molecule has 0 radical (unpaired) electrons. The van der Waals surface area contributed by atoms with E-state index in [0.717, 1.165) is 35.9 Å². The number of hydrogen-bond acceptors (Lipinski definition) is 3. The van der Waals surface area contributed by atoms with Gasteiger partial charge >= 0.3 is 0 Å². The van der Waals surface area contributed by atoms with Crippen molar-refractivity contribution in [1.29, 1.82) is 0 Å². The van der Waals surface area contributed by atoms with Crippen molar-refractivity contribution in [3.05, 3.63) is 23.3 Å². The van der Waals surface area contributed by atoms with Gasteiger partial charge in [0.05, 0.1) is 5.69 Å². The van der Waals surface area contributed by atoms with Gasteiger partial charge in [0.25, 0.3) is 0 Å². The van der Waals surface area contributed by atoms with Gasteiger partial charge in [-0.2, -0.15) is 0 Å². The minimum atomic E-state index is 0.643. The molecule has 2 N–H and O–H groups in total. The highest BCUT2D eigenvalue weighted by Gasteiger charge is 2.49. The summed E-state index contributed by atoms with van der Waals surface area (Å²) in [5, 5.41) is 0. The van der Waals surface area contributed by atoms with Crippen LogP contribution in [0.25, 0.3) is 0 Å². The van der Waals surface area contributed by atoms with Gasteiger partial charge in [-0.1, -0.05) is 0 Å². The van der Waals surface area contributed by atoms with Gasteiger partial charge in [0.15, 0.2) is 0 Å². The molecule has 0 aromatic carbocycles. The highest BCUT2D eigenvalue weighted by Crippen LogP contribution is 2.59. The maximum absolute atomic E-state index is 5.66. The van der Waals surface area contributed by atoms with E-state index in [0.29, 0.717) is 12.5 Å². The normalized spacial score (nSPS) is 38.4. The molecule has 4 bridgehead atoms. The molecule has 4 saturated carbocycles. The molecule has 108 valence electrons. The van der Waals surface area contributed by atoms with Gasteiger partial charge in [-0.15, -0.1) is 0 Å². The van der Waals surface area contributed by atoms with Crippen LogP contribution in [0.3, 0.4) is 0 Å². The van der Waals surface area contributed by atoms with Crippen LogP contribution in [0.1, 0.15) is 55.1 Å². The van der Waals surface area contributed by atoms with Gasteiger partial charge in [-0.3, -0.25) is 0 Å². The third-order valence-electron chi connectivity index (χ3n) is 5.97. The molecule has 3 nitrogen and oxygen atoms in total. The van der Waals surface area contributed by atoms with Crippen molar-refractivity contribution in [2.24, 2.45) is 29.4 Å². The lowest BCUT2D eigenvalue weighted by atomic mass is 9.51. The summed E-state index contributed by atoms with van der Waals surface area (Å²) in [5.41, 5.74) is 8.32. The molecule has 0 unspecified atom stereocenters. The number of hydrogen-bond donors (Lipinski definition) is 1. The summed E-state index contributed by atoms with van der Waals surface area (Å²) < 4.78 is 0. The predicted octanol–water partition coefficient (Wildman–Crippen LogP) is 2.83. The van der Waals surface area contributed by atoms with Gasteiger partial charge < -0.3 is 5.73 Å². The Bertz CT molecular complexity index is 483. The first-order valence-corrected chi connectivity index (χ1v) is 8.27. The lowest BCUT2D eigenvalue weighted by molar-refractivity contribution is -0.00447. The second-order valence-electron chi connectivity index (χ2n) is 7.35. The van der Waals surface area contributed by atoms with E-state index in [4.69, 9.17) is 10.7 Å². The van der Waals surface area contributed by atoms with Gasteiger partial charge in [0.2, 0.25) is 0 Å². The molecule has 1 heterocycles. The van der Waals surface area contributed by atoms with E-state index in [1.165, 1.54) is 43.4 Å². The second kappa shape index (κ2) is 4.80. The van der Waals surface area contributed by atoms with Gasteiger partial charge in [-0.25, -0.2) is 9.97 Å². The lowest BCUT2D eigenvalue weighted by Crippen LogP contribution is -2.44. The van der Waals surface area contributed by atoms with Crippen molar-refractivity contribution in [3.63, 3.8) is 0 Å². The van der Waals surface area contributed by atoms with E-state index in [-0.39, 0.29) is 0 Å². The quantitative estimate of drug-likeness (QED) is 0.919. The van der Waals surface area contributed by atoms with Crippen molar-refractivity contribution in [2.75, 3.05) is 6.54 Å². The molecule has 0 aliphatic heterocycles. The van der Waals surface area contributed by atoms with Crippen LogP contribution in [0.5, 0.6) is 0 Å². The number of aryl methyl sites for hydroxylation is 1. The largest absolute Gasteiger partial charge is 0.330 e. The van der Waals surface area contributed by atoms with Crippen molar-refractivity contribution < 1.29 is 0 Å². The summed E-state index contributed by atoms with van der Waals surface area (Å²) in [6, 6.07) is 0. The topological polar surface area (TPSA) is 51.8 Å². The molecule has 0 atom stereocenters. The fourth-order valence-corrected chi connectivity index (χ4v) is 5.45. The molecule has 0 saturated heterocycles. The fourth-order valence-electron chi connectivity index (χ4n) is 5.45. The van der Waals surface area contributed by atoms with E-state index < -0.39 is 0 Å². The standard InChI is InChI=1S/C17H25N3/c1-10-9-19-15(2-3-18)20-17(10)16-13-5-11-4-12(7-13)8-14(16)6-11/h9,11-14,16H,2-8,18H2,1H3. The minimum absolute atomic E-state index is 0.643. The Morgan fingerprint density at radius 1 is 1.10 bits per heavy atom. The van der Waals surface area contributed by atoms with E-state index >= 15 is 0 Å². The van der Waals surface area contributed by atoms with E-state index in [2.05, 4.69) is 11.9 Å². The minimum Gasteiger partial charge on any atom is -0.330 e. The van der Waals surface area contributed by atoms with Crippen LogP contribution in [0.15, 0.2) is 6.20 Å². The van der Waals surface area contributed by atoms with Crippen LogP contribution >= 0.6 is 0 Å². The Labute approximate surface area is 121 Å². The molecule has 4 aliphatic carbocycles. The summed E-state index contributed by atoms with van der Waals surface area (Å²) in [6.45, 7) is 2.83. The summed E-state index contributed by atoms with van der Waals surface area (Å²) in [4.78, 5) is 9.37. The zero-order chi connectivity index (χ0) is 13.7. The molecular weight excluding hydrogens is 246 g/mol. The molecule has 0 spiro atoms. The van der Waals surface area contributed by atoms with Crippen LogP contribution in [0, 0.1) is 30.6 Å². The van der Waals surface area contributed by atoms with Crippen molar-refractivity contribution in [3.8, 4) is 0 Å². The van der Waals surface area contributed by atoms with Gasteiger partial charge in [0.1, 0.15) is 5.82 Å². The third kappa shape index (κ3) is 1.98. The maximum atomic E-state index is 5.66. The molecule has 4 aliphatic rings. The third-order valence-corrected chi connectivity index (χ3v) is 5.97. The smallest absolute Gasteiger partial charge is 0.129 e. The van der Waals surface area contributed by atoms with Crippen LogP contribution < -0.4 is 5.73 Å². The summed E-state index contributed by atoms with van der Waals surface area (Å²) >= 11 is 0. The Kier molecular flexibility index (Phi) is 3.06. The Hall–Kier alpha value is -0.960. The average molecular weight is 271 g/mol. The van der Waals surface area contributed by atoms with Crippen LogP contribution in [-0.2, 0) is 6.42 Å². The zero-order valence-corrected chi connectivity index (χ0v) is 12.4. The first kappa shape index (κ1) is 12.8. The van der Waals surface area contributed by atoms with Crippen molar-refractivity contribution in [2.45, 2.75) is 51.4 Å². The number of nitrogens with two attached hydrogens (primary N) is 1. The zero-order valence-electron chi connectivity index (χ0n) is 12.4. The number of rotatable bonds is 3. The Balaban J connectivity index is 1.68. The van der Waals surface area contributed by atoms with E-state index in [1.54, 1.807) is 0 Å². The molecule has 4 fully saturated rings. The van der Waals surface area contributed by atoms with Crippen LogP contribution in [0.2, 0.25) is 0 Å². The first-order valence-electron chi connectivity index (χ1n) is 8.27. The number of nitrogens with zero attached hydrogens (tertiary/aromatic N) is 2. The van der Waals surface area contributed by atoms with E-state index in [1.807, 2.05) is 6.20 Å². The maximum Gasteiger partial charge on any atom is 0.129 e. The number of aromatic nitrogens is 2. The SMILES string of the molecule is Cc1cnc(CCN)nc1C1C2CC3CC(C2)CC1C3. The summed E-state index contributed by atoms with van der Waals surface area (Å²) in [6.07, 6.45) is 10.2. The molecule has 1 aromatic rings. The molecule has 1 aromatic heterocycles. The van der Waals surface area contributed by atoms with E-state index in [9.17, 15) is 0 Å². The summed E-state index contributed by atoms with van der Waals surface area (Å²) in [5.74, 6) is 5.50. The highest BCUT2D eigenvalue weighted by molar-refractivity contribution is 5.24. The van der Waals surface area contributed by atoms with Gasteiger partial charge in [-0.05, 0) is 74.8 Å². The Morgan fingerprint density at radius 2 is 1.75 bits per heavy atom. The van der Waals surface area contributed by atoms with Crippen molar-refractivity contribution in [1.82, 2.24) is 9.97 Å². The van der Waals surface area contributed by atoms with Crippen LogP contribution in [0.4, 0.5) is 0 Å². The monoisotopic (exact) mass is 271 g/mol. The Morgan fingerprint density at radius 3 is 2.35 bits per heavy atom. The lowest BCUT2D eigenvalue weighted by Gasteiger charge is -2.54. The van der Waals surface area contributed by atoms with Crippen molar-refractivity contribution >= 4 is 0 Å². The second-order valence-corrected chi connectivity index (χ2v) is 7.35. The highest BCUT2D eigenvalue weighted by atomic mass is 14.9. The average Bonchev–Trinajstić information content (AvgIpc) is 2.41. The first-order chi connectivity index (χ1) is 9.74.